The van der Waals surface area contributed by atoms with Gasteiger partial charge in [-0.1, -0.05) is 42.5 Å². The van der Waals surface area contributed by atoms with Gasteiger partial charge in [0.15, 0.2) is 0 Å². The Hall–Kier alpha value is -1.37. The third-order valence-electron chi connectivity index (χ3n) is 1.48. The summed E-state index contributed by atoms with van der Waals surface area (Å²) in [6, 6.07) is 12.0. The molecule has 12 heavy (non-hydrogen) atoms. The number of benzene rings is 1. The van der Waals surface area contributed by atoms with Crippen LogP contribution in [-0.2, 0) is 0 Å². The summed E-state index contributed by atoms with van der Waals surface area (Å²) in [7, 11) is 0. The molecule has 1 nitrogen and oxygen atoms in total. The van der Waals surface area contributed by atoms with Gasteiger partial charge in [-0.3, -0.25) is 4.99 Å². The van der Waals surface area contributed by atoms with E-state index < -0.39 is 0 Å². The summed E-state index contributed by atoms with van der Waals surface area (Å²) in [5.41, 5.74) is 1.15. The first-order valence-corrected chi connectivity index (χ1v) is 4.09. The van der Waals surface area contributed by atoms with E-state index >= 15 is 0 Å². The number of allylic oxidation sites excluding steroid dienone is 2. The van der Waals surface area contributed by atoms with Gasteiger partial charge in [0.25, 0.3) is 0 Å². The molecule has 0 unspecified atom stereocenters. The van der Waals surface area contributed by atoms with Crippen LogP contribution in [0, 0.1) is 0 Å². The van der Waals surface area contributed by atoms with Crippen LogP contribution in [0.15, 0.2) is 53.2 Å². The van der Waals surface area contributed by atoms with Crippen molar-refractivity contribution in [2.75, 3.05) is 0 Å². The highest BCUT2D eigenvalue weighted by Gasteiger charge is 1.85. The quantitative estimate of drug-likeness (QED) is 0.551. The zero-order valence-electron chi connectivity index (χ0n) is 7.27. The van der Waals surface area contributed by atoms with Crippen molar-refractivity contribution >= 4 is 6.21 Å². The molecule has 1 heterocycles. The van der Waals surface area contributed by atoms with E-state index in [-0.39, 0.29) is 0 Å². The van der Waals surface area contributed by atoms with Crippen LogP contribution in [0.2, 0.25) is 0 Å². The summed E-state index contributed by atoms with van der Waals surface area (Å²) in [5.74, 6) is 0. The van der Waals surface area contributed by atoms with Crippen molar-refractivity contribution in [3.8, 4) is 0 Å². The van der Waals surface area contributed by atoms with Crippen LogP contribution in [0.25, 0.3) is 0 Å². The van der Waals surface area contributed by atoms with Crippen molar-refractivity contribution < 1.29 is 0 Å². The van der Waals surface area contributed by atoms with E-state index in [1.807, 2.05) is 49.5 Å². The monoisotopic (exact) mass is 159 g/mol. The van der Waals surface area contributed by atoms with E-state index in [0.717, 1.165) is 12.1 Å². The molecule has 1 aromatic carbocycles. The molecule has 0 bridgehead atoms. The van der Waals surface area contributed by atoms with E-state index in [0.29, 0.717) is 0 Å². The number of aliphatic imine (C=N–C) groups is 1. The zero-order valence-corrected chi connectivity index (χ0v) is 7.27. The van der Waals surface area contributed by atoms with E-state index in [4.69, 9.17) is 0 Å². The third kappa shape index (κ3) is 3.71. The number of hydrogen-bond acceptors (Lipinski definition) is 1. The van der Waals surface area contributed by atoms with Crippen molar-refractivity contribution in [2.24, 2.45) is 4.99 Å². The molecule has 0 fully saturated rings. The molecule has 0 N–H and O–H groups in total. The minimum absolute atomic E-state index is 1.03. The molecule has 0 aliphatic carbocycles. The molecular formula is C11H13N. The molecule has 0 spiro atoms. The highest BCUT2D eigenvalue weighted by Crippen LogP contribution is 2.00. The molecule has 0 saturated heterocycles. The molecule has 2 rings (SSSR count). The maximum absolute atomic E-state index is 3.97. The summed E-state index contributed by atoms with van der Waals surface area (Å²) < 4.78 is 0. The standard InChI is InChI=1S/C6H6.C5H7N/c1-2-4-6-5-3-1;1-5-3-2-4-6-5/h1-6H;3-4H,2H2,1H3. The maximum atomic E-state index is 3.97. The van der Waals surface area contributed by atoms with Gasteiger partial charge in [0.05, 0.1) is 0 Å². The molecule has 0 aromatic heterocycles. The zero-order chi connectivity index (χ0) is 8.65. The van der Waals surface area contributed by atoms with Crippen molar-refractivity contribution in [3.63, 3.8) is 0 Å². The second kappa shape index (κ2) is 5.30. The van der Waals surface area contributed by atoms with Crippen LogP contribution >= 0.6 is 0 Å². The predicted octanol–water partition coefficient (Wildman–Crippen LogP) is 3.05. The minimum Gasteiger partial charge on any atom is -0.266 e. The highest BCUT2D eigenvalue weighted by atomic mass is 14.7. The second-order valence-corrected chi connectivity index (χ2v) is 2.55. The fraction of sp³-hybridized carbons (Fsp3) is 0.182. The number of nitrogens with zero attached hydrogens (tertiary/aromatic N) is 1. The lowest BCUT2D eigenvalue weighted by atomic mass is 10.4. The Balaban J connectivity index is 0.000000120. The Labute approximate surface area is 73.5 Å². The average molecular weight is 159 g/mol. The fourth-order valence-electron chi connectivity index (χ4n) is 0.858. The Kier molecular flexibility index (Phi) is 3.86. The lowest BCUT2D eigenvalue weighted by Crippen LogP contribution is -1.52. The van der Waals surface area contributed by atoms with E-state index in [1.54, 1.807) is 0 Å². The third-order valence-corrected chi connectivity index (χ3v) is 1.48. The lowest BCUT2D eigenvalue weighted by Gasteiger charge is -1.72. The van der Waals surface area contributed by atoms with Gasteiger partial charge in [0.1, 0.15) is 0 Å². The molecule has 0 atom stereocenters. The molecule has 1 aliphatic heterocycles. The normalized spacial score (nSPS) is 13.2. The second-order valence-electron chi connectivity index (χ2n) is 2.55. The van der Waals surface area contributed by atoms with E-state index in [9.17, 15) is 0 Å². The molecule has 1 aromatic rings. The van der Waals surface area contributed by atoms with Crippen LogP contribution in [0.3, 0.4) is 0 Å². The number of hydrogen-bond donors (Lipinski definition) is 0. The minimum atomic E-state index is 1.03. The van der Waals surface area contributed by atoms with Gasteiger partial charge in [0, 0.05) is 18.3 Å². The van der Waals surface area contributed by atoms with Crippen LogP contribution in [0.4, 0.5) is 0 Å². The largest absolute Gasteiger partial charge is 0.266 e. The summed E-state index contributed by atoms with van der Waals surface area (Å²) in [6.07, 6.45) is 5.04. The first-order valence-electron chi connectivity index (χ1n) is 4.09. The topological polar surface area (TPSA) is 12.4 Å². The lowest BCUT2D eigenvalue weighted by molar-refractivity contribution is 1.34. The van der Waals surface area contributed by atoms with Crippen LogP contribution in [-0.4, -0.2) is 6.21 Å². The van der Waals surface area contributed by atoms with E-state index in [1.165, 1.54) is 0 Å². The van der Waals surface area contributed by atoms with Crippen LogP contribution in [0.5, 0.6) is 0 Å². The van der Waals surface area contributed by atoms with Crippen molar-refractivity contribution in [2.45, 2.75) is 13.3 Å². The molecule has 0 saturated carbocycles. The Bertz CT molecular complexity index is 230. The molecule has 1 heteroatoms. The van der Waals surface area contributed by atoms with E-state index in [2.05, 4.69) is 11.1 Å². The molecule has 0 radical (unpaired) electrons. The van der Waals surface area contributed by atoms with Crippen molar-refractivity contribution in [3.05, 3.63) is 48.2 Å². The molecule has 0 amide bonds. The average Bonchev–Trinajstić information content (AvgIpc) is 2.60. The summed E-state index contributed by atoms with van der Waals surface area (Å²) in [6.45, 7) is 2.00. The van der Waals surface area contributed by atoms with Gasteiger partial charge in [0.2, 0.25) is 0 Å². The molecule has 1 aliphatic rings. The smallest absolute Gasteiger partial charge is 0.0332 e. The summed E-state index contributed by atoms with van der Waals surface area (Å²) in [5, 5.41) is 0. The van der Waals surface area contributed by atoms with Crippen LogP contribution < -0.4 is 0 Å². The molecule has 62 valence electrons. The summed E-state index contributed by atoms with van der Waals surface area (Å²) >= 11 is 0. The Morgan fingerprint density at radius 3 is 1.67 bits per heavy atom. The van der Waals surface area contributed by atoms with Gasteiger partial charge in [-0.2, -0.15) is 0 Å². The molecular weight excluding hydrogens is 146 g/mol. The summed E-state index contributed by atoms with van der Waals surface area (Å²) in [4.78, 5) is 3.97. The van der Waals surface area contributed by atoms with Gasteiger partial charge < -0.3 is 0 Å². The fourth-order valence-corrected chi connectivity index (χ4v) is 0.858. The van der Waals surface area contributed by atoms with Gasteiger partial charge in [-0.25, -0.2) is 0 Å². The first kappa shape index (κ1) is 8.72. The highest BCUT2D eigenvalue weighted by molar-refractivity contribution is 5.64. The Morgan fingerprint density at radius 1 is 1.00 bits per heavy atom. The Morgan fingerprint density at radius 2 is 1.50 bits per heavy atom. The SMILES string of the molecule is CC1=CCC=N1.c1ccccc1. The first-order chi connectivity index (χ1) is 5.89. The van der Waals surface area contributed by atoms with Gasteiger partial charge in [-0.15, -0.1) is 0 Å². The van der Waals surface area contributed by atoms with Gasteiger partial charge in [-0.05, 0) is 6.92 Å². The van der Waals surface area contributed by atoms with Gasteiger partial charge >= 0.3 is 0 Å². The predicted molar refractivity (Wildman–Crippen MR) is 53.3 cm³/mol. The number of rotatable bonds is 0. The van der Waals surface area contributed by atoms with Crippen molar-refractivity contribution in [1.82, 2.24) is 0 Å². The van der Waals surface area contributed by atoms with Crippen molar-refractivity contribution in [1.29, 1.82) is 0 Å². The van der Waals surface area contributed by atoms with Crippen LogP contribution in [0.1, 0.15) is 13.3 Å². The maximum Gasteiger partial charge on any atom is 0.0332 e.